The maximum atomic E-state index is 12.6. The quantitative estimate of drug-likeness (QED) is 0.719. The molecule has 8 heteroatoms. The third kappa shape index (κ3) is 3.90. The number of nitrogens with zero attached hydrogens (tertiary/aromatic N) is 2. The van der Waals surface area contributed by atoms with Gasteiger partial charge in [0.1, 0.15) is 0 Å². The second kappa shape index (κ2) is 6.96. The van der Waals surface area contributed by atoms with Crippen LogP contribution in [0.1, 0.15) is 16.8 Å². The van der Waals surface area contributed by atoms with E-state index in [0.717, 1.165) is 5.39 Å². The number of hydrogen-bond acceptors (Lipinski definition) is 6. The molecule has 1 aliphatic rings. The fraction of sp³-hybridized carbons (Fsp3) is 0.211. The highest BCUT2D eigenvalue weighted by molar-refractivity contribution is 7.91. The lowest BCUT2D eigenvalue weighted by molar-refractivity contribution is 0.102. The highest BCUT2D eigenvalue weighted by Gasteiger charge is 2.27. The zero-order valence-corrected chi connectivity index (χ0v) is 15.2. The van der Waals surface area contributed by atoms with E-state index in [1.54, 1.807) is 24.5 Å². The van der Waals surface area contributed by atoms with Crippen molar-refractivity contribution in [2.45, 2.75) is 12.5 Å². The summed E-state index contributed by atoms with van der Waals surface area (Å²) < 4.78 is 23.2. The van der Waals surface area contributed by atoms with Crippen molar-refractivity contribution in [3.63, 3.8) is 0 Å². The first-order valence-corrected chi connectivity index (χ1v) is 10.4. The van der Waals surface area contributed by atoms with Crippen molar-refractivity contribution in [3.8, 4) is 0 Å². The van der Waals surface area contributed by atoms with Crippen LogP contribution >= 0.6 is 0 Å². The molecular formula is C19H18N4O3S. The average molecular weight is 382 g/mol. The van der Waals surface area contributed by atoms with Gasteiger partial charge in [0.25, 0.3) is 5.91 Å². The van der Waals surface area contributed by atoms with Gasteiger partial charge in [-0.3, -0.25) is 14.8 Å². The largest absolute Gasteiger partial charge is 0.380 e. The molecule has 3 heterocycles. The van der Waals surface area contributed by atoms with Crippen LogP contribution in [0.2, 0.25) is 0 Å². The standard InChI is InChI=1S/C19H18N4O3S/c24-19(23-17-5-1-3-13-4-2-7-21-18(13)17)14-9-16(11-20-10-14)22-15-6-8-27(25,26)12-15/h1-5,7,9-11,15,22H,6,8,12H2,(H,23,24). The van der Waals surface area contributed by atoms with Crippen molar-refractivity contribution in [1.29, 1.82) is 0 Å². The number of fused-ring (bicyclic) bond motifs is 1. The Bertz CT molecular complexity index is 1110. The predicted octanol–water partition coefficient (Wildman–Crippen LogP) is 2.48. The van der Waals surface area contributed by atoms with Gasteiger partial charge in [-0.1, -0.05) is 18.2 Å². The number of anilines is 2. The number of carbonyl (C=O) groups excluding carboxylic acids is 1. The Balaban J connectivity index is 1.52. The summed E-state index contributed by atoms with van der Waals surface area (Å²) in [7, 11) is -2.97. The highest BCUT2D eigenvalue weighted by Crippen LogP contribution is 2.22. The number of carbonyl (C=O) groups is 1. The Hall–Kier alpha value is -3.00. The molecule has 138 valence electrons. The lowest BCUT2D eigenvalue weighted by atomic mass is 10.1. The first kappa shape index (κ1) is 17.4. The van der Waals surface area contributed by atoms with Crippen LogP contribution < -0.4 is 10.6 Å². The molecule has 0 spiro atoms. The Kier molecular flexibility index (Phi) is 4.49. The van der Waals surface area contributed by atoms with E-state index in [4.69, 9.17) is 0 Å². The van der Waals surface area contributed by atoms with Crippen molar-refractivity contribution >= 4 is 38.0 Å². The number of hydrogen-bond donors (Lipinski definition) is 2. The maximum Gasteiger partial charge on any atom is 0.257 e. The molecule has 1 saturated heterocycles. The van der Waals surface area contributed by atoms with E-state index >= 15 is 0 Å². The number of pyridine rings is 2. The molecule has 4 rings (SSSR count). The van der Waals surface area contributed by atoms with Gasteiger partial charge in [-0.15, -0.1) is 0 Å². The molecule has 1 fully saturated rings. The maximum absolute atomic E-state index is 12.6. The topological polar surface area (TPSA) is 101 Å². The van der Waals surface area contributed by atoms with Crippen molar-refractivity contribution in [2.24, 2.45) is 0 Å². The highest BCUT2D eigenvalue weighted by atomic mass is 32.2. The number of sulfone groups is 1. The summed E-state index contributed by atoms with van der Waals surface area (Å²) in [5, 5.41) is 6.96. The normalized spacial score (nSPS) is 18.3. The summed E-state index contributed by atoms with van der Waals surface area (Å²) in [4.78, 5) is 21.1. The first-order valence-electron chi connectivity index (χ1n) is 8.57. The van der Waals surface area contributed by atoms with Crippen LogP contribution in [-0.4, -0.2) is 41.8 Å². The third-order valence-electron chi connectivity index (χ3n) is 4.48. The lowest BCUT2D eigenvalue weighted by Gasteiger charge is -2.13. The van der Waals surface area contributed by atoms with E-state index in [-0.39, 0.29) is 23.5 Å². The van der Waals surface area contributed by atoms with Gasteiger partial charge >= 0.3 is 0 Å². The Morgan fingerprint density at radius 1 is 1.15 bits per heavy atom. The molecule has 1 aliphatic heterocycles. The molecule has 27 heavy (non-hydrogen) atoms. The second-order valence-electron chi connectivity index (χ2n) is 6.54. The number of nitrogens with one attached hydrogen (secondary N) is 2. The van der Waals surface area contributed by atoms with Crippen LogP contribution in [0.4, 0.5) is 11.4 Å². The van der Waals surface area contributed by atoms with Gasteiger partial charge in [0, 0.05) is 30.0 Å². The van der Waals surface area contributed by atoms with Crippen LogP contribution in [-0.2, 0) is 9.84 Å². The molecule has 1 amide bonds. The molecule has 0 saturated carbocycles. The van der Waals surface area contributed by atoms with Crippen molar-refractivity contribution in [2.75, 3.05) is 22.1 Å². The molecular weight excluding hydrogens is 364 g/mol. The van der Waals surface area contributed by atoms with E-state index in [0.29, 0.717) is 28.9 Å². The fourth-order valence-corrected chi connectivity index (χ4v) is 4.86. The van der Waals surface area contributed by atoms with Crippen LogP contribution in [0.5, 0.6) is 0 Å². The van der Waals surface area contributed by atoms with E-state index in [9.17, 15) is 13.2 Å². The van der Waals surface area contributed by atoms with Crippen LogP contribution in [0.15, 0.2) is 55.0 Å². The molecule has 0 aliphatic carbocycles. The zero-order chi connectivity index (χ0) is 18.9. The van der Waals surface area contributed by atoms with Crippen LogP contribution in [0.3, 0.4) is 0 Å². The van der Waals surface area contributed by atoms with E-state index in [1.807, 2.05) is 24.3 Å². The van der Waals surface area contributed by atoms with Crippen LogP contribution in [0, 0.1) is 0 Å². The number of amides is 1. The Labute approximate surface area is 156 Å². The summed E-state index contributed by atoms with van der Waals surface area (Å²) >= 11 is 0. The van der Waals surface area contributed by atoms with Gasteiger partial charge in [0.05, 0.1) is 34.0 Å². The fourth-order valence-electron chi connectivity index (χ4n) is 3.19. The smallest absolute Gasteiger partial charge is 0.257 e. The van der Waals surface area contributed by atoms with Gasteiger partial charge < -0.3 is 10.6 Å². The van der Waals surface area contributed by atoms with E-state index in [1.165, 1.54) is 6.20 Å². The SMILES string of the molecule is O=C(Nc1cccc2cccnc12)c1cncc(NC2CCS(=O)(=O)C2)c1. The lowest BCUT2D eigenvalue weighted by Crippen LogP contribution is -2.21. The molecule has 0 radical (unpaired) electrons. The summed E-state index contributed by atoms with van der Waals surface area (Å²) in [5.74, 6) is -0.0133. The molecule has 1 atom stereocenters. The molecule has 3 aromatic rings. The molecule has 2 N–H and O–H groups in total. The third-order valence-corrected chi connectivity index (χ3v) is 6.25. The summed E-state index contributed by atoms with van der Waals surface area (Å²) in [5.41, 5.74) is 2.35. The van der Waals surface area contributed by atoms with Crippen molar-refractivity contribution in [3.05, 3.63) is 60.6 Å². The summed E-state index contributed by atoms with van der Waals surface area (Å²) in [6, 6.07) is 10.9. The van der Waals surface area contributed by atoms with Gasteiger partial charge in [-0.05, 0) is 24.6 Å². The van der Waals surface area contributed by atoms with E-state index < -0.39 is 9.84 Å². The minimum atomic E-state index is -2.97. The molecule has 2 aromatic heterocycles. The van der Waals surface area contributed by atoms with Crippen molar-refractivity contribution < 1.29 is 13.2 Å². The minimum absolute atomic E-state index is 0.102. The zero-order valence-electron chi connectivity index (χ0n) is 14.4. The molecule has 1 aromatic carbocycles. The van der Waals surface area contributed by atoms with E-state index in [2.05, 4.69) is 20.6 Å². The Morgan fingerprint density at radius 3 is 2.81 bits per heavy atom. The average Bonchev–Trinajstić information content (AvgIpc) is 3.00. The van der Waals surface area contributed by atoms with Gasteiger partial charge in [-0.2, -0.15) is 0 Å². The second-order valence-corrected chi connectivity index (χ2v) is 8.77. The molecule has 0 bridgehead atoms. The van der Waals surface area contributed by atoms with Gasteiger partial charge in [0.15, 0.2) is 9.84 Å². The van der Waals surface area contributed by atoms with Crippen LogP contribution in [0.25, 0.3) is 10.9 Å². The number of rotatable bonds is 4. The minimum Gasteiger partial charge on any atom is -0.380 e. The van der Waals surface area contributed by atoms with Gasteiger partial charge in [-0.25, -0.2) is 8.42 Å². The predicted molar refractivity (Wildman–Crippen MR) is 105 cm³/mol. The first-order chi connectivity index (χ1) is 13.0. The number of aromatic nitrogens is 2. The summed E-state index contributed by atoms with van der Waals surface area (Å²) in [6.45, 7) is 0. The summed E-state index contributed by atoms with van der Waals surface area (Å²) in [6.07, 6.45) is 5.30. The molecule has 1 unspecified atom stereocenters. The van der Waals surface area contributed by atoms with Crippen molar-refractivity contribution in [1.82, 2.24) is 9.97 Å². The monoisotopic (exact) mass is 382 g/mol. The number of benzene rings is 1. The van der Waals surface area contributed by atoms with Gasteiger partial charge in [0.2, 0.25) is 0 Å². The number of para-hydroxylation sites is 1. The molecule has 7 nitrogen and oxygen atoms in total. The Morgan fingerprint density at radius 2 is 2.00 bits per heavy atom.